The lowest BCUT2D eigenvalue weighted by Gasteiger charge is -2.26. The van der Waals surface area contributed by atoms with E-state index in [1.165, 1.54) is 5.56 Å². The summed E-state index contributed by atoms with van der Waals surface area (Å²) in [4.78, 5) is 2.38. The van der Waals surface area contributed by atoms with Gasteiger partial charge in [-0.15, -0.1) is 0 Å². The number of morpholine rings is 1. The van der Waals surface area contributed by atoms with Gasteiger partial charge in [0.15, 0.2) is 0 Å². The van der Waals surface area contributed by atoms with Gasteiger partial charge in [0, 0.05) is 44.0 Å². The molecule has 1 aliphatic heterocycles. The first-order chi connectivity index (χ1) is 8.83. The summed E-state index contributed by atoms with van der Waals surface area (Å²) in [5.74, 6) is 0. The van der Waals surface area contributed by atoms with Crippen molar-refractivity contribution in [3.63, 3.8) is 0 Å². The molecule has 0 unspecified atom stereocenters. The molecule has 1 saturated heterocycles. The molecule has 2 aromatic heterocycles. The number of nitrogens with zero attached hydrogens (tertiary/aromatic N) is 4. The van der Waals surface area contributed by atoms with Crippen LogP contribution in [-0.4, -0.2) is 51.2 Å². The van der Waals surface area contributed by atoms with E-state index in [9.17, 15) is 0 Å². The fourth-order valence-electron chi connectivity index (χ4n) is 2.23. The topological polar surface area (TPSA) is 59.0 Å². The Kier molecular flexibility index (Phi) is 3.12. The molecule has 0 amide bonds. The zero-order chi connectivity index (χ0) is 12.4. The molecule has 0 radical (unpaired) electrons. The standard InChI is InChI=1S/C12H17N5O/c1-16-8-11(7-14-16)12-10(6-13-15-12)9-17-2-4-18-5-3-17/h6-8H,2-5,9H2,1H3,(H,13,15). The van der Waals surface area contributed by atoms with Crippen molar-refractivity contribution in [1.29, 1.82) is 0 Å². The SMILES string of the molecule is Cn1cc(-c2[nH]ncc2CN2CCOCC2)cn1. The third kappa shape index (κ3) is 2.30. The summed E-state index contributed by atoms with van der Waals surface area (Å²) in [6.07, 6.45) is 5.75. The lowest BCUT2D eigenvalue weighted by molar-refractivity contribution is 0.0342. The first-order valence-corrected chi connectivity index (χ1v) is 6.14. The predicted molar refractivity (Wildman–Crippen MR) is 66.9 cm³/mol. The molecule has 3 rings (SSSR count). The number of H-pyrrole nitrogens is 1. The first-order valence-electron chi connectivity index (χ1n) is 6.14. The minimum atomic E-state index is 0.820. The smallest absolute Gasteiger partial charge is 0.0726 e. The Morgan fingerprint density at radius 3 is 2.89 bits per heavy atom. The highest BCUT2D eigenvalue weighted by atomic mass is 16.5. The Balaban J connectivity index is 1.78. The Hall–Kier alpha value is -1.66. The third-order valence-corrected chi connectivity index (χ3v) is 3.21. The number of hydrogen-bond donors (Lipinski definition) is 1. The molecule has 1 N–H and O–H groups in total. The molecule has 2 aromatic rings. The van der Waals surface area contributed by atoms with Gasteiger partial charge in [-0.05, 0) is 0 Å². The number of aryl methyl sites for hydroxylation is 1. The minimum Gasteiger partial charge on any atom is -0.379 e. The van der Waals surface area contributed by atoms with Crippen LogP contribution in [0, 0.1) is 0 Å². The molecule has 96 valence electrons. The number of ether oxygens (including phenoxy) is 1. The number of nitrogens with one attached hydrogen (secondary N) is 1. The summed E-state index contributed by atoms with van der Waals surface area (Å²) in [5.41, 5.74) is 3.36. The third-order valence-electron chi connectivity index (χ3n) is 3.21. The van der Waals surface area contributed by atoms with E-state index in [4.69, 9.17) is 4.74 Å². The molecule has 0 aromatic carbocycles. The van der Waals surface area contributed by atoms with Crippen LogP contribution in [0.3, 0.4) is 0 Å². The van der Waals surface area contributed by atoms with Gasteiger partial charge in [0.2, 0.25) is 0 Å². The number of hydrogen-bond acceptors (Lipinski definition) is 4. The summed E-state index contributed by atoms with van der Waals surface area (Å²) in [6, 6.07) is 0. The maximum Gasteiger partial charge on any atom is 0.0726 e. The maximum absolute atomic E-state index is 5.36. The van der Waals surface area contributed by atoms with Gasteiger partial charge in [0.05, 0.1) is 31.3 Å². The van der Waals surface area contributed by atoms with E-state index in [0.717, 1.165) is 44.1 Å². The van der Waals surface area contributed by atoms with Gasteiger partial charge < -0.3 is 4.74 Å². The fourth-order valence-corrected chi connectivity index (χ4v) is 2.23. The summed E-state index contributed by atoms with van der Waals surface area (Å²) >= 11 is 0. The number of aromatic nitrogens is 4. The van der Waals surface area contributed by atoms with E-state index < -0.39 is 0 Å². The van der Waals surface area contributed by atoms with Crippen molar-refractivity contribution in [1.82, 2.24) is 24.9 Å². The molecule has 1 aliphatic rings. The van der Waals surface area contributed by atoms with Crippen LogP contribution in [0.1, 0.15) is 5.56 Å². The maximum atomic E-state index is 5.36. The highest BCUT2D eigenvalue weighted by Gasteiger charge is 2.15. The lowest BCUT2D eigenvalue weighted by atomic mass is 10.1. The van der Waals surface area contributed by atoms with Crippen molar-refractivity contribution < 1.29 is 4.74 Å². The van der Waals surface area contributed by atoms with Crippen LogP contribution >= 0.6 is 0 Å². The van der Waals surface area contributed by atoms with Crippen molar-refractivity contribution in [3.05, 3.63) is 24.2 Å². The van der Waals surface area contributed by atoms with Crippen molar-refractivity contribution >= 4 is 0 Å². The van der Waals surface area contributed by atoms with E-state index >= 15 is 0 Å². The van der Waals surface area contributed by atoms with Crippen LogP contribution in [0.4, 0.5) is 0 Å². The predicted octanol–water partition coefficient (Wildman–Crippen LogP) is 0.642. The van der Waals surface area contributed by atoms with E-state index in [0.29, 0.717) is 0 Å². The van der Waals surface area contributed by atoms with Gasteiger partial charge in [0.25, 0.3) is 0 Å². The van der Waals surface area contributed by atoms with Gasteiger partial charge in [-0.25, -0.2) is 0 Å². The molecule has 0 saturated carbocycles. The molecule has 0 spiro atoms. The van der Waals surface area contributed by atoms with Crippen LogP contribution in [0.15, 0.2) is 18.6 Å². The average molecular weight is 247 g/mol. The summed E-state index contributed by atoms with van der Waals surface area (Å²) < 4.78 is 7.16. The second-order valence-corrected chi connectivity index (χ2v) is 4.56. The van der Waals surface area contributed by atoms with Gasteiger partial charge >= 0.3 is 0 Å². The van der Waals surface area contributed by atoms with Crippen LogP contribution in [0.2, 0.25) is 0 Å². The number of rotatable bonds is 3. The monoisotopic (exact) mass is 247 g/mol. The second-order valence-electron chi connectivity index (χ2n) is 4.56. The van der Waals surface area contributed by atoms with Crippen LogP contribution in [-0.2, 0) is 18.3 Å². The van der Waals surface area contributed by atoms with Crippen molar-refractivity contribution in [2.45, 2.75) is 6.54 Å². The largest absolute Gasteiger partial charge is 0.379 e. The van der Waals surface area contributed by atoms with Crippen LogP contribution < -0.4 is 0 Å². The van der Waals surface area contributed by atoms with Gasteiger partial charge in [-0.3, -0.25) is 14.7 Å². The molecule has 0 aliphatic carbocycles. The van der Waals surface area contributed by atoms with E-state index in [1.807, 2.05) is 25.6 Å². The Morgan fingerprint density at radius 1 is 1.33 bits per heavy atom. The highest BCUT2D eigenvalue weighted by molar-refractivity contribution is 5.60. The summed E-state index contributed by atoms with van der Waals surface area (Å²) in [6.45, 7) is 4.51. The van der Waals surface area contributed by atoms with Crippen molar-refractivity contribution in [2.24, 2.45) is 7.05 Å². The van der Waals surface area contributed by atoms with Crippen LogP contribution in [0.5, 0.6) is 0 Å². The van der Waals surface area contributed by atoms with Crippen molar-refractivity contribution in [3.8, 4) is 11.3 Å². The van der Waals surface area contributed by atoms with Gasteiger partial charge in [-0.1, -0.05) is 0 Å². The summed E-state index contributed by atoms with van der Waals surface area (Å²) in [5, 5.41) is 11.4. The van der Waals surface area contributed by atoms with Crippen LogP contribution in [0.25, 0.3) is 11.3 Å². The zero-order valence-electron chi connectivity index (χ0n) is 10.5. The minimum absolute atomic E-state index is 0.820. The molecule has 3 heterocycles. The van der Waals surface area contributed by atoms with Gasteiger partial charge in [0.1, 0.15) is 0 Å². The lowest BCUT2D eigenvalue weighted by Crippen LogP contribution is -2.35. The first kappa shape index (κ1) is 11.4. The normalized spacial score (nSPS) is 17.2. The molecular weight excluding hydrogens is 230 g/mol. The Bertz CT molecular complexity index is 512. The Labute approximate surface area is 106 Å². The summed E-state index contributed by atoms with van der Waals surface area (Å²) in [7, 11) is 1.92. The molecule has 18 heavy (non-hydrogen) atoms. The molecular formula is C12H17N5O. The second kappa shape index (κ2) is 4.91. The zero-order valence-corrected chi connectivity index (χ0v) is 10.5. The Morgan fingerprint density at radius 2 is 2.17 bits per heavy atom. The van der Waals surface area contributed by atoms with Crippen molar-refractivity contribution in [2.75, 3.05) is 26.3 Å². The molecule has 6 nitrogen and oxygen atoms in total. The molecule has 0 bridgehead atoms. The number of aromatic amines is 1. The molecule has 6 heteroatoms. The van der Waals surface area contributed by atoms with E-state index in [1.54, 1.807) is 4.68 Å². The van der Waals surface area contributed by atoms with E-state index in [-0.39, 0.29) is 0 Å². The quantitative estimate of drug-likeness (QED) is 0.865. The molecule has 0 atom stereocenters. The van der Waals surface area contributed by atoms with Gasteiger partial charge in [-0.2, -0.15) is 10.2 Å². The fraction of sp³-hybridized carbons (Fsp3) is 0.500. The average Bonchev–Trinajstić information content (AvgIpc) is 2.99. The van der Waals surface area contributed by atoms with E-state index in [2.05, 4.69) is 20.2 Å². The highest BCUT2D eigenvalue weighted by Crippen LogP contribution is 2.21. The molecule has 1 fully saturated rings.